The molecule has 0 spiro atoms. The zero-order valence-electron chi connectivity index (χ0n) is 13.0. The van der Waals surface area contributed by atoms with Gasteiger partial charge in [0.05, 0.1) is 0 Å². The highest BCUT2D eigenvalue weighted by molar-refractivity contribution is 5.22. The third kappa shape index (κ3) is 4.48. The molecule has 1 fully saturated rings. The van der Waals surface area contributed by atoms with Gasteiger partial charge in [-0.3, -0.25) is 0 Å². The number of rotatable bonds is 7. The van der Waals surface area contributed by atoms with Crippen LogP contribution in [0.25, 0.3) is 0 Å². The number of halogens is 2. The first kappa shape index (κ1) is 16.4. The number of likely N-dealkylation sites (tertiary alicyclic amines) is 1. The quantitative estimate of drug-likeness (QED) is 0.824. The minimum absolute atomic E-state index is 0.114. The second-order valence-corrected chi connectivity index (χ2v) is 6.13. The molecule has 1 aromatic carbocycles. The molecule has 1 aliphatic heterocycles. The summed E-state index contributed by atoms with van der Waals surface area (Å²) in [4.78, 5) is 2.42. The molecule has 0 bridgehead atoms. The van der Waals surface area contributed by atoms with E-state index in [1.54, 1.807) is 12.1 Å². The van der Waals surface area contributed by atoms with E-state index in [2.05, 4.69) is 24.1 Å². The summed E-state index contributed by atoms with van der Waals surface area (Å²) in [5.41, 5.74) is 0.454. The lowest BCUT2D eigenvalue weighted by molar-refractivity contribution is 0.299. The van der Waals surface area contributed by atoms with Gasteiger partial charge in [0.15, 0.2) is 11.6 Å². The number of hydrogen-bond acceptors (Lipinski definition) is 2. The van der Waals surface area contributed by atoms with Crippen molar-refractivity contribution in [1.29, 1.82) is 0 Å². The summed E-state index contributed by atoms with van der Waals surface area (Å²) < 4.78 is 27.5. The lowest BCUT2D eigenvalue weighted by Gasteiger charge is -2.23. The fourth-order valence-corrected chi connectivity index (χ4v) is 3.02. The van der Waals surface area contributed by atoms with Crippen LogP contribution in [-0.2, 0) is 0 Å². The monoisotopic (exact) mass is 296 g/mol. The number of hydrogen-bond donors (Lipinski definition) is 1. The van der Waals surface area contributed by atoms with E-state index in [1.807, 2.05) is 0 Å². The van der Waals surface area contributed by atoms with Crippen molar-refractivity contribution < 1.29 is 8.78 Å². The van der Waals surface area contributed by atoms with Crippen LogP contribution in [0, 0.1) is 17.6 Å². The molecule has 1 heterocycles. The van der Waals surface area contributed by atoms with Gasteiger partial charge in [-0.05, 0) is 50.9 Å². The maximum Gasteiger partial charge on any atom is 0.163 e. The molecule has 118 valence electrons. The molecule has 0 saturated carbocycles. The highest BCUT2D eigenvalue weighted by atomic mass is 19.2. The molecule has 2 atom stereocenters. The van der Waals surface area contributed by atoms with Crippen LogP contribution in [0.1, 0.15) is 44.7 Å². The molecule has 1 aromatic rings. The van der Waals surface area contributed by atoms with Crippen LogP contribution in [0.3, 0.4) is 0 Å². The summed E-state index contributed by atoms with van der Waals surface area (Å²) >= 11 is 0. The average molecular weight is 296 g/mol. The third-order valence-electron chi connectivity index (χ3n) is 4.24. The topological polar surface area (TPSA) is 15.3 Å². The number of nitrogens with one attached hydrogen (secondary N) is 1. The van der Waals surface area contributed by atoms with Gasteiger partial charge >= 0.3 is 0 Å². The van der Waals surface area contributed by atoms with Gasteiger partial charge in [0.25, 0.3) is 0 Å². The molecule has 2 rings (SSSR count). The first-order chi connectivity index (χ1) is 10.1. The van der Waals surface area contributed by atoms with Crippen LogP contribution in [0.5, 0.6) is 0 Å². The lowest BCUT2D eigenvalue weighted by atomic mass is 10.0. The summed E-state index contributed by atoms with van der Waals surface area (Å²) in [6.45, 7) is 8.32. The Kier molecular flexibility index (Phi) is 6.12. The van der Waals surface area contributed by atoms with Crippen LogP contribution < -0.4 is 5.32 Å². The lowest BCUT2D eigenvalue weighted by Crippen LogP contribution is -2.29. The fourth-order valence-electron chi connectivity index (χ4n) is 3.02. The Hall–Kier alpha value is -1.00. The van der Waals surface area contributed by atoms with Gasteiger partial charge < -0.3 is 10.2 Å². The smallest absolute Gasteiger partial charge is 0.163 e. The highest BCUT2D eigenvalue weighted by Gasteiger charge is 2.22. The van der Waals surface area contributed by atoms with Crippen LogP contribution in [0.4, 0.5) is 8.78 Å². The van der Waals surface area contributed by atoms with Crippen molar-refractivity contribution in [3.8, 4) is 0 Å². The number of nitrogens with zero attached hydrogens (tertiary/aromatic N) is 1. The van der Waals surface area contributed by atoms with Crippen LogP contribution in [0.15, 0.2) is 18.2 Å². The molecule has 0 amide bonds. The van der Waals surface area contributed by atoms with Crippen molar-refractivity contribution in [2.45, 2.75) is 39.2 Å². The van der Waals surface area contributed by atoms with E-state index in [1.165, 1.54) is 12.5 Å². The number of benzene rings is 1. The molecule has 2 nitrogen and oxygen atoms in total. The molecule has 0 aromatic heterocycles. The van der Waals surface area contributed by atoms with Crippen molar-refractivity contribution in [3.63, 3.8) is 0 Å². The Morgan fingerprint density at radius 2 is 2.19 bits per heavy atom. The average Bonchev–Trinajstić information content (AvgIpc) is 2.88. The SMILES string of the molecule is CCCNC(CCN1CCC(C)C1)c1cccc(F)c1F. The second-order valence-electron chi connectivity index (χ2n) is 6.13. The molecule has 1 saturated heterocycles. The van der Waals surface area contributed by atoms with Gasteiger partial charge in [-0.2, -0.15) is 0 Å². The molecule has 0 radical (unpaired) electrons. The normalized spacial score (nSPS) is 20.9. The second kappa shape index (κ2) is 7.85. The largest absolute Gasteiger partial charge is 0.310 e. The molecule has 1 N–H and O–H groups in total. The fraction of sp³-hybridized carbons (Fsp3) is 0.647. The summed E-state index contributed by atoms with van der Waals surface area (Å²) in [6.07, 6.45) is 3.03. The molecule has 1 aliphatic rings. The van der Waals surface area contributed by atoms with Gasteiger partial charge in [0, 0.05) is 18.2 Å². The van der Waals surface area contributed by atoms with Crippen molar-refractivity contribution in [3.05, 3.63) is 35.4 Å². The Labute approximate surface area is 126 Å². The molecule has 2 unspecified atom stereocenters. The van der Waals surface area contributed by atoms with Gasteiger partial charge in [0.1, 0.15) is 0 Å². The standard InChI is InChI=1S/C17H26F2N2/c1-3-9-20-16(8-11-21-10-7-13(2)12-21)14-5-4-6-15(18)17(14)19/h4-6,13,16,20H,3,7-12H2,1-2H3. The van der Waals surface area contributed by atoms with E-state index in [0.717, 1.165) is 44.9 Å². The van der Waals surface area contributed by atoms with Crippen molar-refractivity contribution in [1.82, 2.24) is 10.2 Å². The van der Waals surface area contributed by atoms with E-state index in [4.69, 9.17) is 0 Å². The Balaban J connectivity index is 2.01. The van der Waals surface area contributed by atoms with E-state index >= 15 is 0 Å². The van der Waals surface area contributed by atoms with Gasteiger partial charge in [-0.15, -0.1) is 0 Å². The predicted octanol–water partition coefficient (Wildman–Crippen LogP) is 3.74. The van der Waals surface area contributed by atoms with E-state index < -0.39 is 11.6 Å². The minimum Gasteiger partial charge on any atom is -0.310 e. The Bertz CT molecular complexity index is 450. The van der Waals surface area contributed by atoms with E-state index in [-0.39, 0.29) is 6.04 Å². The predicted molar refractivity (Wildman–Crippen MR) is 82.2 cm³/mol. The molecule has 4 heteroatoms. The van der Waals surface area contributed by atoms with Gasteiger partial charge in [-0.25, -0.2) is 8.78 Å². The highest BCUT2D eigenvalue weighted by Crippen LogP contribution is 2.24. The van der Waals surface area contributed by atoms with Crippen molar-refractivity contribution in [2.75, 3.05) is 26.2 Å². The summed E-state index contributed by atoms with van der Waals surface area (Å²) in [6, 6.07) is 4.35. The first-order valence-electron chi connectivity index (χ1n) is 8.01. The summed E-state index contributed by atoms with van der Waals surface area (Å²) in [7, 11) is 0. The van der Waals surface area contributed by atoms with Crippen LogP contribution in [0.2, 0.25) is 0 Å². The van der Waals surface area contributed by atoms with Crippen molar-refractivity contribution >= 4 is 0 Å². The van der Waals surface area contributed by atoms with Gasteiger partial charge in [0.2, 0.25) is 0 Å². The molecular formula is C17H26F2N2. The van der Waals surface area contributed by atoms with Gasteiger partial charge in [-0.1, -0.05) is 26.0 Å². The Morgan fingerprint density at radius 3 is 2.86 bits per heavy atom. The maximum atomic E-state index is 14.0. The zero-order valence-corrected chi connectivity index (χ0v) is 13.0. The molecule has 0 aliphatic carbocycles. The zero-order chi connectivity index (χ0) is 15.2. The third-order valence-corrected chi connectivity index (χ3v) is 4.24. The summed E-state index contributed by atoms with van der Waals surface area (Å²) in [5.74, 6) is -0.718. The van der Waals surface area contributed by atoms with Crippen molar-refractivity contribution in [2.24, 2.45) is 5.92 Å². The van der Waals surface area contributed by atoms with E-state index in [9.17, 15) is 8.78 Å². The van der Waals surface area contributed by atoms with E-state index in [0.29, 0.717) is 5.56 Å². The minimum atomic E-state index is -0.759. The first-order valence-corrected chi connectivity index (χ1v) is 8.01. The van der Waals surface area contributed by atoms with Crippen LogP contribution >= 0.6 is 0 Å². The molecule has 21 heavy (non-hydrogen) atoms. The molecular weight excluding hydrogens is 270 g/mol. The Morgan fingerprint density at radius 1 is 1.38 bits per heavy atom. The summed E-state index contributed by atoms with van der Waals surface area (Å²) in [5, 5.41) is 3.36. The maximum absolute atomic E-state index is 14.0. The van der Waals surface area contributed by atoms with Crippen LogP contribution in [-0.4, -0.2) is 31.1 Å².